The largest absolute Gasteiger partial charge is 0.377 e. The molecular weight excluding hydrogens is 226 g/mol. The molecule has 0 atom stereocenters. The van der Waals surface area contributed by atoms with Crippen molar-refractivity contribution in [2.75, 3.05) is 25.3 Å². The van der Waals surface area contributed by atoms with Crippen molar-refractivity contribution in [1.82, 2.24) is 4.72 Å². The lowest BCUT2D eigenvalue weighted by Crippen LogP contribution is -2.40. The van der Waals surface area contributed by atoms with Crippen molar-refractivity contribution in [2.24, 2.45) is 0 Å². The van der Waals surface area contributed by atoms with E-state index < -0.39 is 15.6 Å². The van der Waals surface area contributed by atoms with Crippen LogP contribution >= 0.6 is 11.6 Å². The average molecular weight is 244 g/mol. The smallest absolute Gasteiger partial charge is 0.211 e. The van der Waals surface area contributed by atoms with Crippen molar-refractivity contribution in [3.05, 3.63) is 0 Å². The molecule has 0 aliphatic carbocycles. The first-order valence-electron chi connectivity index (χ1n) is 4.41. The molecule has 1 N–H and O–H groups in total. The molecule has 6 heteroatoms. The van der Waals surface area contributed by atoms with Crippen LogP contribution in [0, 0.1) is 0 Å². The van der Waals surface area contributed by atoms with Crippen LogP contribution in [0.2, 0.25) is 0 Å². The maximum absolute atomic E-state index is 11.3. The molecule has 0 aromatic rings. The summed E-state index contributed by atoms with van der Waals surface area (Å²) in [5, 5.41) is 0. The van der Waals surface area contributed by atoms with Gasteiger partial charge >= 0.3 is 0 Å². The van der Waals surface area contributed by atoms with Crippen molar-refractivity contribution >= 4 is 21.6 Å². The van der Waals surface area contributed by atoms with E-state index in [0.29, 0.717) is 12.3 Å². The molecule has 0 saturated heterocycles. The molecular formula is C8H18ClNO3S. The van der Waals surface area contributed by atoms with Gasteiger partial charge in [0, 0.05) is 19.5 Å². The van der Waals surface area contributed by atoms with Crippen LogP contribution in [0.25, 0.3) is 0 Å². The number of nitrogens with one attached hydrogen (secondary N) is 1. The number of alkyl halides is 1. The Labute approximate surface area is 91.0 Å². The predicted molar refractivity (Wildman–Crippen MR) is 58.2 cm³/mol. The molecule has 0 bridgehead atoms. The van der Waals surface area contributed by atoms with Gasteiger partial charge in [0.2, 0.25) is 10.0 Å². The second-order valence-corrected chi connectivity index (χ2v) is 5.95. The third-order valence-electron chi connectivity index (χ3n) is 1.82. The Morgan fingerprint density at radius 1 is 1.43 bits per heavy atom. The van der Waals surface area contributed by atoms with E-state index in [1.165, 1.54) is 0 Å². The summed E-state index contributed by atoms with van der Waals surface area (Å²) in [5.74, 6) is 0.422. The van der Waals surface area contributed by atoms with Crippen LogP contribution in [0.15, 0.2) is 0 Å². The number of hydrogen-bond donors (Lipinski definition) is 1. The van der Waals surface area contributed by atoms with Crippen LogP contribution in [0.5, 0.6) is 0 Å². The highest BCUT2D eigenvalue weighted by molar-refractivity contribution is 7.89. The lowest BCUT2D eigenvalue weighted by molar-refractivity contribution is 0.0276. The molecule has 0 radical (unpaired) electrons. The standard InChI is InChI=1S/C8H18ClNO3S/c1-8(2,13-3)7-10-14(11,12)6-4-5-9/h10H,4-7H2,1-3H3. The fourth-order valence-electron chi connectivity index (χ4n) is 0.673. The summed E-state index contributed by atoms with van der Waals surface area (Å²) in [5.41, 5.74) is -0.478. The molecule has 0 heterocycles. The first kappa shape index (κ1) is 14.2. The van der Waals surface area contributed by atoms with Crippen LogP contribution in [0.3, 0.4) is 0 Å². The Morgan fingerprint density at radius 2 is 2.00 bits per heavy atom. The third kappa shape index (κ3) is 6.59. The quantitative estimate of drug-likeness (QED) is 0.678. The summed E-state index contributed by atoms with van der Waals surface area (Å²) < 4.78 is 30.2. The zero-order valence-corrected chi connectivity index (χ0v) is 10.4. The number of methoxy groups -OCH3 is 1. The third-order valence-corrected chi connectivity index (χ3v) is 3.49. The van der Waals surface area contributed by atoms with Crippen LogP contribution < -0.4 is 4.72 Å². The van der Waals surface area contributed by atoms with Gasteiger partial charge in [0.25, 0.3) is 0 Å². The van der Waals surface area contributed by atoms with Crippen molar-refractivity contribution in [1.29, 1.82) is 0 Å². The van der Waals surface area contributed by atoms with Gasteiger partial charge in [0.15, 0.2) is 0 Å². The molecule has 0 unspecified atom stereocenters. The van der Waals surface area contributed by atoms with Gasteiger partial charge in [-0.05, 0) is 20.3 Å². The molecule has 0 fully saturated rings. The molecule has 4 nitrogen and oxygen atoms in total. The fourth-order valence-corrected chi connectivity index (χ4v) is 2.20. The average Bonchev–Trinajstić information content (AvgIpc) is 2.12. The van der Waals surface area contributed by atoms with Crippen molar-refractivity contribution in [3.63, 3.8) is 0 Å². The summed E-state index contributed by atoms with van der Waals surface area (Å²) in [7, 11) is -1.65. The minimum absolute atomic E-state index is 0.0658. The van der Waals surface area contributed by atoms with Gasteiger partial charge in [0.1, 0.15) is 0 Å². The molecule has 0 amide bonds. The van der Waals surface area contributed by atoms with Crippen LogP contribution in [-0.2, 0) is 14.8 Å². The zero-order valence-electron chi connectivity index (χ0n) is 8.84. The second kappa shape index (κ2) is 5.90. The van der Waals surface area contributed by atoms with E-state index in [4.69, 9.17) is 16.3 Å². The molecule has 0 aliphatic heterocycles. The molecule has 0 aromatic carbocycles. The molecule has 86 valence electrons. The highest BCUT2D eigenvalue weighted by Crippen LogP contribution is 2.05. The predicted octanol–water partition coefficient (Wildman–Crippen LogP) is 0.960. The summed E-state index contributed by atoms with van der Waals surface area (Å²) in [6, 6.07) is 0. The highest BCUT2D eigenvalue weighted by Gasteiger charge is 2.19. The van der Waals surface area contributed by atoms with Crippen LogP contribution in [-0.4, -0.2) is 39.3 Å². The minimum Gasteiger partial charge on any atom is -0.377 e. The SMILES string of the molecule is COC(C)(C)CNS(=O)(=O)CCCCl. The van der Waals surface area contributed by atoms with E-state index in [0.717, 1.165) is 0 Å². The Morgan fingerprint density at radius 3 is 2.43 bits per heavy atom. The van der Waals surface area contributed by atoms with E-state index in [-0.39, 0.29) is 12.3 Å². The Bertz CT molecular complexity index is 251. The first-order valence-corrected chi connectivity index (χ1v) is 6.60. The van der Waals surface area contributed by atoms with Crippen LogP contribution in [0.4, 0.5) is 0 Å². The fraction of sp³-hybridized carbons (Fsp3) is 1.00. The summed E-state index contributed by atoms with van der Waals surface area (Å²) in [4.78, 5) is 0. The molecule has 0 spiro atoms. The lowest BCUT2D eigenvalue weighted by Gasteiger charge is -2.22. The van der Waals surface area contributed by atoms with Gasteiger partial charge < -0.3 is 4.74 Å². The van der Waals surface area contributed by atoms with E-state index in [1.54, 1.807) is 7.11 Å². The first-order chi connectivity index (χ1) is 6.33. The molecule has 0 aromatic heterocycles. The molecule has 0 rings (SSSR count). The normalized spacial score (nSPS) is 13.1. The zero-order chi connectivity index (χ0) is 11.2. The maximum atomic E-state index is 11.3. The number of ether oxygens (including phenoxy) is 1. The Kier molecular flexibility index (Phi) is 5.97. The van der Waals surface area contributed by atoms with E-state index in [1.807, 2.05) is 13.8 Å². The Balaban J connectivity index is 4.00. The van der Waals surface area contributed by atoms with Crippen molar-refractivity contribution < 1.29 is 13.2 Å². The summed E-state index contributed by atoms with van der Waals surface area (Å²) in [6.45, 7) is 3.91. The monoisotopic (exact) mass is 243 g/mol. The maximum Gasteiger partial charge on any atom is 0.211 e. The Hall–Kier alpha value is 0.160. The minimum atomic E-state index is -3.20. The molecule has 14 heavy (non-hydrogen) atoms. The van der Waals surface area contributed by atoms with Gasteiger partial charge in [-0.3, -0.25) is 0 Å². The van der Waals surface area contributed by atoms with Crippen LogP contribution in [0.1, 0.15) is 20.3 Å². The van der Waals surface area contributed by atoms with Gasteiger partial charge in [-0.1, -0.05) is 0 Å². The van der Waals surface area contributed by atoms with Crippen molar-refractivity contribution in [3.8, 4) is 0 Å². The highest BCUT2D eigenvalue weighted by atomic mass is 35.5. The van der Waals surface area contributed by atoms with Gasteiger partial charge in [-0.15, -0.1) is 11.6 Å². The number of rotatable bonds is 7. The number of halogens is 1. The number of sulfonamides is 1. The number of hydrogen-bond acceptors (Lipinski definition) is 3. The van der Waals surface area contributed by atoms with Gasteiger partial charge in [0.05, 0.1) is 11.4 Å². The topological polar surface area (TPSA) is 55.4 Å². The van der Waals surface area contributed by atoms with Gasteiger partial charge in [-0.25, -0.2) is 13.1 Å². The molecule has 0 saturated carbocycles. The second-order valence-electron chi connectivity index (χ2n) is 3.65. The molecule has 0 aliphatic rings. The van der Waals surface area contributed by atoms with E-state index in [9.17, 15) is 8.42 Å². The lowest BCUT2D eigenvalue weighted by atomic mass is 10.1. The summed E-state index contributed by atoms with van der Waals surface area (Å²) in [6.07, 6.45) is 0.463. The van der Waals surface area contributed by atoms with Crippen molar-refractivity contribution in [2.45, 2.75) is 25.9 Å². The van der Waals surface area contributed by atoms with E-state index >= 15 is 0 Å². The van der Waals surface area contributed by atoms with Gasteiger partial charge in [-0.2, -0.15) is 0 Å². The summed E-state index contributed by atoms with van der Waals surface area (Å²) >= 11 is 5.41. The van der Waals surface area contributed by atoms with E-state index in [2.05, 4.69) is 4.72 Å².